The molecular formula is C12H21N3. The molecule has 3 heteroatoms. The van der Waals surface area contributed by atoms with Gasteiger partial charge in [-0.15, -0.1) is 0 Å². The highest BCUT2D eigenvalue weighted by Crippen LogP contribution is 2.20. The lowest BCUT2D eigenvalue weighted by atomic mass is 10.2. The van der Waals surface area contributed by atoms with Crippen LogP contribution in [0.3, 0.4) is 0 Å². The first-order valence-electron chi connectivity index (χ1n) is 5.63. The van der Waals surface area contributed by atoms with Crippen LogP contribution in [-0.4, -0.2) is 18.1 Å². The molecule has 3 nitrogen and oxygen atoms in total. The molecule has 0 radical (unpaired) electrons. The largest absolute Gasteiger partial charge is 0.371 e. The summed E-state index contributed by atoms with van der Waals surface area (Å²) < 4.78 is 0. The Kier molecular flexibility index (Phi) is 4.56. The fourth-order valence-corrected chi connectivity index (χ4v) is 1.74. The van der Waals surface area contributed by atoms with E-state index in [1.165, 1.54) is 5.69 Å². The van der Waals surface area contributed by atoms with Crippen LogP contribution in [0.2, 0.25) is 0 Å². The van der Waals surface area contributed by atoms with Crippen molar-refractivity contribution in [1.82, 2.24) is 4.98 Å². The molecule has 0 saturated heterocycles. The standard InChI is InChI=1S/C12H21N3/c1-4-6-15(5-2)12-7-10(3)14-9-11(12)8-13/h7,9H,4-6,8,13H2,1-3H3. The number of hydrogen-bond acceptors (Lipinski definition) is 3. The van der Waals surface area contributed by atoms with E-state index in [4.69, 9.17) is 5.73 Å². The Morgan fingerprint density at radius 1 is 1.40 bits per heavy atom. The quantitative estimate of drug-likeness (QED) is 0.804. The van der Waals surface area contributed by atoms with Crippen molar-refractivity contribution < 1.29 is 0 Å². The van der Waals surface area contributed by atoms with Crippen LogP contribution in [0.15, 0.2) is 12.3 Å². The summed E-state index contributed by atoms with van der Waals surface area (Å²) in [5, 5.41) is 0. The number of hydrogen-bond donors (Lipinski definition) is 1. The fourth-order valence-electron chi connectivity index (χ4n) is 1.74. The molecule has 1 aromatic heterocycles. The highest BCUT2D eigenvalue weighted by Gasteiger charge is 2.08. The number of aryl methyl sites for hydroxylation is 1. The van der Waals surface area contributed by atoms with Gasteiger partial charge in [-0.05, 0) is 26.3 Å². The van der Waals surface area contributed by atoms with Gasteiger partial charge in [0, 0.05) is 42.8 Å². The van der Waals surface area contributed by atoms with Crippen molar-refractivity contribution in [2.45, 2.75) is 33.7 Å². The van der Waals surface area contributed by atoms with Gasteiger partial charge in [-0.25, -0.2) is 0 Å². The minimum atomic E-state index is 0.558. The van der Waals surface area contributed by atoms with Gasteiger partial charge in [-0.3, -0.25) is 4.98 Å². The Morgan fingerprint density at radius 3 is 2.67 bits per heavy atom. The van der Waals surface area contributed by atoms with Gasteiger partial charge in [0.05, 0.1) is 0 Å². The van der Waals surface area contributed by atoms with Crippen LogP contribution in [0, 0.1) is 6.92 Å². The maximum absolute atomic E-state index is 5.72. The Balaban J connectivity index is 3.02. The normalized spacial score (nSPS) is 10.4. The average Bonchev–Trinajstić information content (AvgIpc) is 2.26. The van der Waals surface area contributed by atoms with Crippen molar-refractivity contribution in [2.24, 2.45) is 5.73 Å². The summed E-state index contributed by atoms with van der Waals surface area (Å²) >= 11 is 0. The van der Waals surface area contributed by atoms with E-state index in [1.807, 2.05) is 13.1 Å². The van der Waals surface area contributed by atoms with Crippen LogP contribution in [0.25, 0.3) is 0 Å². The fraction of sp³-hybridized carbons (Fsp3) is 0.583. The summed E-state index contributed by atoms with van der Waals surface area (Å²) in [6.45, 7) is 9.04. The lowest BCUT2D eigenvalue weighted by molar-refractivity contribution is 0.782. The number of nitrogens with zero attached hydrogens (tertiary/aromatic N) is 2. The molecule has 0 bridgehead atoms. The summed E-state index contributed by atoms with van der Waals surface area (Å²) in [4.78, 5) is 6.64. The van der Waals surface area contributed by atoms with Gasteiger partial charge in [0.15, 0.2) is 0 Å². The first-order chi connectivity index (χ1) is 7.22. The molecule has 84 valence electrons. The predicted octanol–water partition coefficient (Wildman–Crippen LogP) is 2.09. The molecule has 0 unspecified atom stereocenters. The molecular weight excluding hydrogens is 186 g/mol. The van der Waals surface area contributed by atoms with E-state index in [9.17, 15) is 0 Å². The van der Waals surface area contributed by atoms with Crippen LogP contribution in [0.1, 0.15) is 31.5 Å². The molecule has 0 aliphatic rings. The minimum absolute atomic E-state index is 0.558. The molecule has 1 heterocycles. The van der Waals surface area contributed by atoms with Crippen LogP contribution in [0.5, 0.6) is 0 Å². The Morgan fingerprint density at radius 2 is 2.13 bits per heavy atom. The number of nitrogens with two attached hydrogens (primary N) is 1. The van der Waals surface area contributed by atoms with Gasteiger partial charge in [0.2, 0.25) is 0 Å². The molecule has 0 spiro atoms. The zero-order chi connectivity index (χ0) is 11.3. The average molecular weight is 207 g/mol. The second-order valence-electron chi connectivity index (χ2n) is 3.74. The highest BCUT2D eigenvalue weighted by atomic mass is 15.1. The van der Waals surface area contributed by atoms with Gasteiger partial charge in [0.25, 0.3) is 0 Å². The van der Waals surface area contributed by atoms with Gasteiger partial charge >= 0.3 is 0 Å². The zero-order valence-corrected chi connectivity index (χ0v) is 9.95. The summed E-state index contributed by atoms with van der Waals surface area (Å²) in [6, 6.07) is 2.13. The van der Waals surface area contributed by atoms with Crippen molar-refractivity contribution in [1.29, 1.82) is 0 Å². The number of rotatable bonds is 5. The third-order valence-electron chi connectivity index (χ3n) is 2.53. The van der Waals surface area contributed by atoms with Crippen LogP contribution >= 0.6 is 0 Å². The third kappa shape index (κ3) is 2.93. The van der Waals surface area contributed by atoms with Crippen molar-refractivity contribution in [3.8, 4) is 0 Å². The number of aromatic nitrogens is 1. The first kappa shape index (κ1) is 12.0. The molecule has 0 aromatic carbocycles. The Hall–Kier alpha value is -1.09. The second-order valence-corrected chi connectivity index (χ2v) is 3.74. The maximum Gasteiger partial charge on any atom is 0.0445 e. The number of pyridine rings is 1. The van der Waals surface area contributed by atoms with Crippen LogP contribution in [0.4, 0.5) is 5.69 Å². The lowest BCUT2D eigenvalue weighted by Gasteiger charge is -2.25. The molecule has 1 aromatic rings. The minimum Gasteiger partial charge on any atom is -0.371 e. The van der Waals surface area contributed by atoms with E-state index in [0.29, 0.717) is 6.54 Å². The van der Waals surface area contributed by atoms with Crippen LogP contribution < -0.4 is 10.6 Å². The van der Waals surface area contributed by atoms with E-state index in [1.54, 1.807) is 0 Å². The predicted molar refractivity (Wildman–Crippen MR) is 65.0 cm³/mol. The zero-order valence-electron chi connectivity index (χ0n) is 9.95. The highest BCUT2D eigenvalue weighted by molar-refractivity contribution is 5.53. The van der Waals surface area contributed by atoms with Crippen molar-refractivity contribution in [2.75, 3.05) is 18.0 Å². The van der Waals surface area contributed by atoms with E-state index in [0.717, 1.165) is 30.8 Å². The lowest BCUT2D eigenvalue weighted by Crippen LogP contribution is -2.25. The molecule has 0 fully saturated rings. The van der Waals surface area contributed by atoms with Crippen LogP contribution in [-0.2, 0) is 6.54 Å². The van der Waals surface area contributed by atoms with Gasteiger partial charge < -0.3 is 10.6 Å². The smallest absolute Gasteiger partial charge is 0.0445 e. The van der Waals surface area contributed by atoms with E-state index < -0.39 is 0 Å². The molecule has 0 aliphatic heterocycles. The first-order valence-corrected chi connectivity index (χ1v) is 5.63. The van der Waals surface area contributed by atoms with Crippen molar-refractivity contribution in [3.63, 3.8) is 0 Å². The summed E-state index contributed by atoms with van der Waals surface area (Å²) in [7, 11) is 0. The second kappa shape index (κ2) is 5.71. The summed E-state index contributed by atoms with van der Waals surface area (Å²) in [5.41, 5.74) is 9.16. The van der Waals surface area contributed by atoms with E-state index >= 15 is 0 Å². The summed E-state index contributed by atoms with van der Waals surface area (Å²) in [5.74, 6) is 0. The van der Waals surface area contributed by atoms with Gasteiger partial charge in [-0.1, -0.05) is 6.92 Å². The van der Waals surface area contributed by atoms with E-state index in [2.05, 4.69) is 29.8 Å². The molecule has 1 rings (SSSR count). The molecule has 0 atom stereocenters. The monoisotopic (exact) mass is 207 g/mol. The van der Waals surface area contributed by atoms with E-state index in [-0.39, 0.29) is 0 Å². The van der Waals surface area contributed by atoms with Crippen molar-refractivity contribution in [3.05, 3.63) is 23.5 Å². The molecule has 0 amide bonds. The van der Waals surface area contributed by atoms with Gasteiger partial charge in [0.1, 0.15) is 0 Å². The molecule has 0 aliphatic carbocycles. The van der Waals surface area contributed by atoms with Crippen molar-refractivity contribution >= 4 is 5.69 Å². The molecule has 15 heavy (non-hydrogen) atoms. The number of anilines is 1. The summed E-state index contributed by atoms with van der Waals surface area (Å²) in [6.07, 6.45) is 3.04. The topological polar surface area (TPSA) is 42.2 Å². The molecule has 0 saturated carbocycles. The maximum atomic E-state index is 5.72. The molecule has 2 N–H and O–H groups in total. The van der Waals surface area contributed by atoms with Gasteiger partial charge in [-0.2, -0.15) is 0 Å². The third-order valence-corrected chi connectivity index (χ3v) is 2.53. The Bertz CT molecular complexity index is 310. The Labute approximate surface area is 92.3 Å². The SMILES string of the molecule is CCCN(CC)c1cc(C)ncc1CN.